The minimum absolute atomic E-state index is 0.124. The second-order valence-corrected chi connectivity index (χ2v) is 3.82. The zero-order chi connectivity index (χ0) is 13.8. The Morgan fingerprint density at radius 1 is 1.53 bits per heavy atom. The molecule has 2 rings (SSSR count). The predicted molar refractivity (Wildman–Crippen MR) is 60.1 cm³/mol. The molecule has 9 nitrogen and oxygen atoms in total. The van der Waals surface area contributed by atoms with Crippen LogP contribution in [0.15, 0.2) is 16.9 Å². The Hall–Kier alpha value is -2.71. The monoisotopic (exact) mass is 265 g/mol. The number of hydrogen-bond donors (Lipinski definition) is 2. The molecule has 0 unspecified atom stereocenters. The van der Waals surface area contributed by atoms with Crippen molar-refractivity contribution in [2.24, 2.45) is 0 Å². The molecule has 0 aliphatic heterocycles. The fourth-order valence-electron chi connectivity index (χ4n) is 1.40. The minimum Gasteiger partial charge on any atom is -0.480 e. The van der Waals surface area contributed by atoms with E-state index in [0.29, 0.717) is 11.3 Å². The predicted octanol–water partition coefficient (Wildman–Crippen LogP) is -0.411. The maximum absolute atomic E-state index is 11.7. The van der Waals surface area contributed by atoms with E-state index in [4.69, 9.17) is 9.63 Å². The minimum atomic E-state index is -1.02. The van der Waals surface area contributed by atoms with Crippen LogP contribution in [0, 0.1) is 6.92 Å². The Morgan fingerprint density at radius 3 is 2.95 bits per heavy atom. The lowest BCUT2D eigenvalue weighted by Gasteiger charge is -1.99. The molecule has 0 aliphatic rings. The van der Waals surface area contributed by atoms with Gasteiger partial charge in [-0.15, -0.1) is 5.10 Å². The quantitative estimate of drug-likeness (QED) is 0.753. The molecular weight excluding hydrogens is 254 g/mol. The average molecular weight is 265 g/mol. The first-order chi connectivity index (χ1) is 9.06. The van der Waals surface area contributed by atoms with Gasteiger partial charge in [-0.3, -0.25) is 9.59 Å². The number of nitrogens with zero attached hydrogens (tertiary/aromatic N) is 4. The first-order valence-electron chi connectivity index (χ1n) is 5.36. The van der Waals surface area contributed by atoms with Gasteiger partial charge in [-0.25, -0.2) is 4.68 Å². The van der Waals surface area contributed by atoms with Crippen LogP contribution in [0.3, 0.4) is 0 Å². The molecule has 2 N–H and O–H groups in total. The fourth-order valence-corrected chi connectivity index (χ4v) is 1.40. The van der Waals surface area contributed by atoms with Gasteiger partial charge in [0.05, 0.1) is 18.9 Å². The van der Waals surface area contributed by atoms with Crippen LogP contribution in [-0.4, -0.2) is 37.1 Å². The van der Waals surface area contributed by atoms with E-state index in [0.717, 1.165) is 0 Å². The van der Waals surface area contributed by atoms with Crippen LogP contribution in [0.4, 0.5) is 0 Å². The summed E-state index contributed by atoms with van der Waals surface area (Å²) in [6.45, 7) is 1.55. The van der Waals surface area contributed by atoms with Crippen LogP contribution in [0.25, 0.3) is 0 Å². The molecule has 100 valence electrons. The number of hydrogen-bond acceptors (Lipinski definition) is 6. The summed E-state index contributed by atoms with van der Waals surface area (Å²) in [5.41, 5.74) is 1.08. The van der Waals surface area contributed by atoms with Gasteiger partial charge in [-0.2, -0.15) is 0 Å². The van der Waals surface area contributed by atoms with Crippen LogP contribution in [0.5, 0.6) is 0 Å². The van der Waals surface area contributed by atoms with E-state index < -0.39 is 11.9 Å². The van der Waals surface area contributed by atoms with Crippen LogP contribution >= 0.6 is 0 Å². The van der Waals surface area contributed by atoms with Gasteiger partial charge in [0.25, 0.3) is 5.91 Å². The van der Waals surface area contributed by atoms with Crippen molar-refractivity contribution in [1.82, 2.24) is 25.5 Å². The fraction of sp³-hybridized carbons (Fsp3) is 0.300. The van der Waals surface area contributed by atoms with Gasteiger partial charge in [0, 0.05) is 5.56 Å². The number of carboxylic acid groups (broad SMARTS) is 1. The van der Waals surface area contributed by atoms with Gasteiger partial charge in [0.2, 0.25) is 5.76 Å². The lowest BCUT2D eigenvalue weighted by atomic mass is 10.3. The van der Waals surface area contributed by atoms with Crippen LogP contribution < -0.4 is 5.32 Å². The number of carbonyl (C=O) groups excluding carboxylic acids is 1. The van der Waals surface area contributed by atoms with Crippen LogP contribution in [0.2, 0.25) is 0 Å². The molecule has 0 spiro atoms. The number of rotatable bonds is 5. The summed E-state index contributed by atoms with van der Waals surface area (Å²) in [6.07, 6.45) is 2.89. The third-order valence-electron chi connectivity index (χ3n) is 2.27. The van der Waals surface area contributed by atoms with E-state index >= 15 is 0 Å². The Kier molecular flexibility index (Phi) is 3.55. The van der Waals surface area contributed by atoms with Crippen molar-refractivity contribution < 1.29 is 19.2 Å². The summed E-state index contributed by atoms with van der Waals surface area (Å²) < 4.78 is 5.96. The lowest BCUT2D eigenvalue weighted by Crippen LogP contribution is -2.23. The van der Waals surface area contributed by atoms with Gasteiger partial charge in [0.1, 0.15) is 12.2 Å². The van der Waals surface area contributed by atoms with Crippen molar-refractivity contribution in [2.45, 2.75) is 20.0 Å². The third-order valence-corrected chi connectivity index (χ3v) is 2.27. The second kappa shape index (κ2) is 5.29. The standard InChI is InChI=1S/C10H11N5O4/c1-6-2-12-19-9(6)10(18)11-3-7-4-15(14-13-7)5-8(16)17/h2,4H,3,5H2,1H3,(H,11,18)(H,16,17). The van der Waals surface area contributed by atoms with Crippen molar-refractivity contribution >= 4 is 11.9 Å². The average Bonchev–Trinajstić information content (AvgIpc) is 2.94. The molecule has 1 amide bonds. The van der Waals surface area contributed by atoms with Gasteiger partial charge >= 0.3 is 5.97 Å². The number of carboxylic acids is 1. The summed E-state index contributed by atoms with van der Waals surface area (Å²) in [5.74, 6) is -1.29. The highest BCUT2D eigenvalue weighted by atomic mass is 16.5. The zero-order valence-corrected chi connectivity index (χ0v) is 10.0. The van der Waals surface area contributed by atoms with Crippen molar-refractivity contribution in [2.75, 3.05) is 0 Å². The second-order valence-electron chi connectivity index (χ2n) is 3.82. The Balaban J connectivity index is 1.92. The van der Waals surface area contributed by atoms with E-state index in [1.807, 2.05) is 0 Å². The molecule has 0 aliphatic carbocycles. The molecular formula is C10H11N5O4. The summed E-state index contributed by atoms with van der Waals surface area (Å²) >= 11 is 0. The van der Waals surface area contributed by atoms with E-state index in [9.17, 15) is 9.59 Å². The van der Waals surface area contributed by atoms with E-state index in [2.05, 4.69) is 20.8 Å². The molecule has 0 aromatic carbocycles. The maximum Gasteiger partial charge on any atom is 0.325 e. The van der Waals surface area contributed by atoms with Crippen molar-refractivity contribution in [3.05, 3.63) is 29.4 Å². The zero-order valence-electron chi connectivity index (χ0n) is 10.0. The topological polar surface area (TPSA) is 123 Å². The number of aryl methyl sites for hydroxylation is 1. The summed E-state index contributed by atoms with van der Waals surface area (Å²) in [4.78, 5) is 22.1. The smallest absolute Gasteiger partial charge is 0.325 e. The molecule has 0 atom stereocenters. The van der Waals surface area contributed by atoms with Crippen molar-refractivity contribution in [1.29, 1.82) is 0 Å². The summed E-state index contributed by atoms with van der Waals surface area (Å²) in [6, 6.07) is 0. The van der Waals surface area contributed by atoms with Crippen LogP contribution in [-0.2, 0) is 17.9 Å². The van der Waals surface area contributed by atoms with Gasteiger partial charge in [-0.1, -0.05) is 10.4 Å². The van der Waals surface area contributed by atoms with E-state index in [-0.39, 0.29) is 18.8 Å². The first-order valence-corrected chi connectivity index (χ1v) is 5.36. The molecule has 2 heterocycles. The highest BCUT2D eigenvalue weighted by molar-refractivity contribution is 5.92. The third kappa shape index (κ3) is 3.15. The number of nitrogens with one attached hydrogen (secondary N) is 1. The lowest BCUT2D eigenvalue weighted by molar-refractivity contribution is -0.137. The Bertz CT molecular complexity index is 603. The molecule has 2 aromatic heterocycles. The highest BCUT2D eigenvalue weighted by Crippen LogP contribution is 2.05. The molecule has 2 aromatic rings. The molecule has 19 heavy (non-hydrogen) atoms. The SMILES string of the molecule is Cc1cnoc1C(=O)NCc1cn(CC(=O)O)nn1. The normalized spacial score (nSPS) is 10.4. The number of aromatic nitrogens is 4. The Labute approximate surface area is 107 Å². The Morgan fingerprint density at radius 2 is 2.32 bits per heavy atom. The summed E-state index contributed by atoms with van der Waals surface area (Å²) in [7, 11) is 0. The van der Waals surface area contributed by atoms with Crippen molar-refractivity contribution in [3.8, 4) is 0 Å². The number of aliphatic carboxylic acids is 1. The van der Waals surface area contributed by atoms with E-state index in [1.165, 1.54) is 17.1 Å². The largest absolute Gasteiger partial charge is 0.480 e. The highest BCUT2D eigenvalue weighted by Gasteiger charge is 2.14. The molecule has 0 saturated carbocycles. The van der Waals surface area contributed by atoms with Crippen molar-refractivity contribution in [3.63, 3.8) is 0 Å². The van der Waals surface area contributed by atoms with Gasteiger partial charge in [0.15, 0.2) is 0 Å². The number of amides is 1. The molecule has 9 heteroatoms. The first kappa shape index (κ1) is 12.7. The maximum atomic E-state index is 11.7. The van der Waals surface area contributed by atoms with Gasteiger partial charge in [-0.05, 0) is 6.92 Å². The molecule has 0 saturated heterocycles. The summed E-state index contributed by atoms with van der Waals surface area (Å²) in [5, 5.41) is 22.0. The van der Waals surface area contributed by atoms with Gasteiger partial charge < -0.3 is 14.9 Å². The molecule has 0 fully saturated rings. The van der Waals surface area contributed by atoms with E-state index in [1.54, 1.807) is 6.92 Å². The molecule has 0 bridgehead atoms. The number of carbonyl (C=O) groups is 2. The molecule has 0 radical (unpaired) electrons. The van der Waals surface area contributed by atoms with Crippen LogP contribution in [0.1, 0.15) is 21.8 Å².